The van der Waals surface area contributed by atoms with Crippen molar-refractivity contribution in [3.05, 3.63) is 139 Å². The molecule has 2 aromatic heterocycles. The molecule has 210 valence electrons. The number of hydrogen-bond donors (Lipinski definition) is 1. The van der Waals surface area contributed by atoms with Gasteiger partial charge in [0.05, 0.1) is 22.6 Å². The van der Waals surface area contributed by atoms with Gasteiger partial charge in [0.2, 0.25) is 0 Å². The molecule has 1 atom stereocenters. The van der Waals surface area contributed by atoms with Gasteiger partial charge in [0.1, 0.15) is 17.3 Å². The summed E-state index contributed by atoms with van der Waals surface area (Å²) in [6.45, 7) is 3.14. The lowest BCUT2D eigenvalue weighted by Gasteiger charge is -2.26. The Kier molecular flexibility index (Phi) is 5.51. The van der Waals surface area contributed by atoms with Crippen LogP contribution in [-0.2, 0) is 0 Å². The van der Waals surface area contributed by atoms with E-state index in [1.54, 1.807) is 0 Å². The van der Waals surface area contributed by atoms with Crippen LogP contribution in [0.4, 0.5) is 11.4 Å². The molecule has 1 aliphatic heterocycles. The van der Waals surface area contributed by atoms with Crippen molar-refractivity contribution in [3.63, 3.8) is 0 Å². The lowest BCUT2D eigenvalue weighted by Crippen LogP contribution is -2.27. The molecule has 1 unspecified atom stereocenters. The molecule has 1 aliphatic rings. The van der Waals surface area contributed by atoms with Gasteiger partial charge in [0.25, 0.3) is 0 Å². The summed E-state index contributed by atoms with van der Waals surface area (Å²) in [7, 11) is 0. The predicted octanol–water partition coefficient (Wildman–Crippen LogP) is 10.6. The van der Waals surface area contributed by atoms with E-state index in [1.165, 1.54) is 22.5 Å². The van der Waals surface area contributed by atoms with Crippen LogP contribution in [0.1, 0.15) is 18.7 Å². The van der Waals surface area contributed by atoms with Gasteiger partial charge in [-0.25, -0.2) is 4.98 Å². The molecule has 0 aliphatic carbocycles. The molecular formula is C40H29N3O. The van der Waals surface area contributed by atoms with Crippen LogP contribution in [0.5, 0.6) is 0 Å². The third kappa shape index (κ3) is 3.74. The maximum atomic E-state index is 6.51. The summed E-state index contributed by atoms with van der Waals surface area (Å²) in [6.07, 6.45) is 0.126. The third-order valence-corrected chi connectivity index (χ3v) is 9.06. The molecule has 0 saturated heterocycles. The molecule has 4 heteroatoms. The van der Waals surface area contributed by atoms with Gasteiger partial charge in [-0.3, -0.25) is 0 Å². The second kappa shape index (κ2) is 9.72. The number of para-hydroxylation sites is 4. The maximum absolute atomic E-state index is 6.51. The molecule has 0 spiro atoms. The van der Waals surface area contributed by atoms with E-state index < -0.39 is 0 Å². The Morgan fingerprint density at radius 2 is 1.41 bits per heavy atom. The van der Waals surface area contributed by atoms with E-state index in [1.807, 2.05) is 12.1 Å². The van der Waals surface area contributed by atoms with Crippen molar-refractivity contribution in [2.75, 3.05) is 16.8 Å². The Morgan fingerprint density at radius 1 is 0.659 bits per heavy atom. The van der Waals surface area contributed by atoms with Crippen molar-refractivity contribution in [2.45, 2.75) is 13.1 Å². The molecule has 44 heavy (non-hydrogen) atoms. The average Bonchev–Trinajstić information content (AvgIpc) is 3.66. The second-order valence-corrected chi connectivity index (χ2v) is 11.5. The van der Waals surface area contributed by atoms with Gasteiger partial charge in [-0.2, -0.15) is 0 Å². The van der Waals surface area contributed by atoms with Crippen molar-refractivity contribution in [1.29, 1.82) is 0 Å². The van der Waals surface area contributed by atoms with E-state index in [0.29, 0.717) is 0 Å². The molecule has 9 rings (SSSR count). The van der Waals surface area contributed by atoms with Crippen LogP contribution in [0.25, 0.3) is 66.0 Å². The van der Waals surface area contributed by atoms with Crippen molar-refractivity contribution in [1.82, 2.24) is 4.98 Å². The standard InChI is InChI=1S/C40H29N3O/c1-2-43-35-16-7-6-15-34(35)42-40(43)26-20-18-25(19-21-26)27-10-9-11-28(24-27)38-32-23-22-30-29-12-4-8-17-36(29)44-39(30)37(32)31-13-3-5-14-33(31)41-38/h3-24,40,42H,2H2,1H3. The summed E-state index contributed by atoms with van der Waals surface area (Å²) >= 11 is 0. The molecule has 0 amide bonds. The number of rotatable bonds is 4. The van der Waals surface area contributed by atoms with Gasteiger partial charge >= 0.3 is 0 Å². The second-order valence-electron chi connectivity index (χ2n) is 11.5. The zero-order valence-corrected chi connectivity index (χ0v) is 24.3. The predicted molar refractivity (Wildman–Crippen MR) is 183 cm³/mol. The Hall–Kier alpha value is -5.61. The molecular weight excluding hydrogens is 538 g/mol. The number of hydrogen-bond acceptors (Lipinski definition) is 4. The number of aromatic nitrogens is 1. The first-order chi connectivity index (χ1) is 21.8. The summed E-state index contributed by atoms with van der Waals surface area (Å²) in [5, 5.41) is 9.28. The Bertz CT molecular complexity index is 2370. The summed E-state index contributed by atoms with van der Waals surface area (Å²) < 4.78 is 6.51. The van der Waals surface area contributed by atoms with Crippen LogP contribution in [0.15, 0.2) is 138 Å². The van der Waals surface area contributed by atoms with Crippen LogP contribution >= 0.6 is 0 Å². The monoisotopic (exact) mass is 567 g/mol. The van der Waals surface area contributed by atoms with Crippen LogP contribution in [-0.4, -0.2) is 11.5 Å². The van der Waals surface area contributed by atoms with Crippen molar-refractivity contribution in [3.8, 4) is 22.4 Å². The van der Waals surface area contributed by atoms with Crippen LogP contribution < -0.4 is 10.2 Å². The highest BCUT2D eigenvalue weighted by atomic mass is 16.3. The van der Waals surface area contributed by atoms with Gasteiger partial charge in [-0.05, 0) is 60.0 Å². The number of nitrogens with one attached hydrogen (secondary N) is 1. The molecule has 4 nitrogen and oxygen atoms in total. The maximum Gasteiger partial charge on any atom is 0.144 e. The zero-order valence-electron chi connectivity index (χ0n) is 24.3. The lowest BCUT2D eigenvalue weighted by molar-refractivity contribution is 0.673. The van der Waals surface area contributed by atoms with Crippen molar-refractivity contribution >= 4 is 55.0 Å². The summed E-state index contributed by atoms with van der Waals surface area (Å²) in [4.78, 5) is 7.63. The Balaban J connectivity index is 1.15. The van der Waals surface area contributed by atoms with Gasteiger partial charge in [-0.1, -0.05) is 97.1 Å². The Labute approximate surface area is 255 Å². The SMILES string of the molecule is CCN1c2ccccc2NC1c1ccc(-c2cccc(-c3nc4ccccc4c4c3ccc3c5ccccc5oc34)c2)cc1. The molecule has 0 bridgehead atoms. The van der Waals surface area contributed by atoms with E-state index in [2.05, 4.69) is 138 Å². The van der Waals surface area contributed by atoms with E-state index >= 15 is 0 Å². The minimum absolute atomic E-state index is 0.126. The molecule has 6 aromatic carbocycles. The fourth-order valence-electron chi connectivity index (χ4n) is 6.97. The first-order valence-electron chi connectivity index (χ1n) is 15.2. The average molecular weight is 568 g/mol. The molecule has 0 fully saturated rings. The lowest BCUT2D eigenvalue weighted by atomic mass is 9.95. The minimum atomic E-state index is 0.126. The van der Waals surface area contributed by atoms with Crippen molar-refractivity contribution in [2.24, 2.45) is 0 Å². The molecule has 0 radical (unpaired) electrons. The van der Waals surface area contributed by atoms with Crippen LogP contribution in [0, 0.1) is 0 Å². The fourth-order valence-corrected chi connectivity index (χ4v) is 6.97. The number of nitrogens with zero attached hydrogens (tertiary/aromatic N) is 2. The minimum Gasteiger partial charge on any atom is -0.455 e. The number of fused-ring (bicyclic) bond motifs is 8. The van der Waals surface area contributed by atoms with Crippen molar-refractivity contribution < 1.29 is 4.42 Å². The number of anilines is 2. The molecule has 8 aromatic rings. The Morgan fingerprint density at radius 3 is 2.30 bits per heavy atom. The van der Waals surface area contributed by atoms with Gasteiger partial charge in [0.15, 0.2) is 0 Å². The normalized spacial score (nSPS) is 14.5. The third-order valence-electron chi connectivity index (χ3n) is 9.06. The zero-order chi connectivity index (χ0) is 29.2. The fraction of sp³-hybridized carbons (Fsp3) is 0.0750. The van der Waals surface area contributed by atoms with E-state index in [9.17, 15) is 0 Å². The largest absolute Gasteiger partial charge is 0.455 e. The first kappa shape index (κ1) is 24.9. The van der Waals surface area contributed by atoms with Gasteiger partial charge < -0.3 is 14.6 Å². The number of benzene rings is 6. The smallest absolute Gasteiger partial charge is 0.144 e. The van der Waals surface area contributed by atoms with E-state index in [0.717, 1.165) is 67.0 Å². The number of pyridine rings is 1. The number of furan rings is 1. The first-order valence-corrected chi connectivity index (χ1v) is 15.2. The van der Waals surface area contributed by atoms with E-state index in [4.69, 9.17) is 9.40 Å². The molecule has 3 heterocycles. The van der Waals surface area contributed by atoms with Crippen LogP contribution in [0.3, 0.4) is 0 Å². The molecule has 0 saturated carbocycles. The topological polar surface area (TPSA) is 41.3 Å². The summed E-state index contributed by atoms with van der Waals surface area (Å²) in [5.41, 5.74) is 10.9. The molecule has 1 N–H and O–H groups in total. The van der Waals surface area contributed by atoms with Crippen LogP contribution in [0.2, 0.25) is 0 Å². The van der Waals surface area contributed by atoms with Gasteiger partial charge in [-0.15, -0.1) is 0 Å². The quantitative estimate of drug-likeness (QED) is 0.215. The van der Waals surface area contributed by atoms with E-state index in [-0.39, 0.29) is 6.17 Å². The highest BCUT2D eigenvalue weighted by molar-refractivity contribution is 6.24. The highest BCUT2D eigenvalue weighted by Crippen LogP contribution is 2.42. The van der Waals surface area contributed by atoms with Gasteiger partial charge in [0, 0.05) is 39.0 Å². The summed E-state index contributed by atoms with van der Waals surface area (Å²) in [6, 6.07) is 47.3. The summed E-state index contributed by atoms with van der Waals surface area (Å²) in [5.74, 6) is 0. The highest BCUT2D eigenvalue weighted by Gasteiger charge is 2.28.